The number of thiophene rings is 1. The normalized spacial score (nSPS) is 15.5. The quantitative estimate of drug-likeness (QED) is 0.154. The Bertz CT molecular complexity index is 5030. The van der Waals surface area contributed by atoms with E-state index in [1.807, 2.05) is 11.3 Å². The summed E-state index contributed by atoms with van der Waals surface area (Å²) in [6.45, 7) is 16.7. The average molecular weight is 1160 g/mol. The maximum absolute atomic E-state index is 2.86. The van der Waals surface area contributed by atoms with Gasteiger partial charge in [-0.1, -0.05) is 216 Å². The van der Waals surface area contributed by atoms with Crippen LogP contribution in [0.25, 0.3) is 64.7 Å². The molecule has 5 aliphatic rings. The lowest BCUT2D eigenvalue weighted by molar-refractivity contribution is 0.332. The van der Waals surface area contributed by atoms with Gasteiger partial charge in [-0.25, -0.2) is 0 Å². The molecule has 5 heteroatoms. The fourth-order valence-corrected chi connectivity index (χ4v) is 18.1. The van der Waals surface area contributed by atoms with Gasteiger partial charge in [-0.05, 0) is 205 Å². The molecule has 2 aliphatic carbocycles. The Morgan fingerprint density at radius 2 is 0.966 bits per heavy atom. The molecule has 89 heavy (non-hydrogen) atoms. The predicted octanol–water partition coefficient (Wildman–Crippen LogP) is 21.5. The number of hydrogen-bond donors (Lipinski definition) is 0. The summed E-state index contributed by atoms with van der Waals surface area (Å²) in [5.41, 5.74) is 33.6. The van der Waals surface area contributed by atoms with Crippen LogP contribution in [0, 0.1) is 20.8 Å². The predicted molar refractivity (Wildman–Crippen MR) is 379 cm³/mol. The molecule has 3 nitrogen and oxygen atoms in total. The van der Waals surface area contributed by atoms with Crippen molar-refractivity contribution in [3.63, 3.8) is 0 Å². The van der Waals surface area contributed by atoms with Gasteiger partial charge < -0.3 is 14.6 Å². The van der Waals surface area contributed by atoms with E-state index < -0.39 is 5.41 Å². The van der Waals surface area contributed by atoms with Crippen LogP contribution >= 0.6 is 11.3 Å². The van der Waals surface area contributed by atoms with E-state index in [4.69, 9.17) is 0 Å². The first-order valence-corrected chi connectivity index (χ1v) is 32.6. The van der Waals surface area contributed by atoms with Crippen molar-refractivity contribution in [2.24, 2.45) is 0 Å². The molecule has 0 unspecified atom stereocenters. The summed E-state index contributed by atoms with van der Waals surface area (Å²) in [5.74, 6) is 0. The first-order chi connectivity index (χ1) is 43.4. The molecule has 426 valence electrons. The third-order valence-corrected chi connectivity index (χ3v) is 22.4. The highest BCUT2D eigenvalue weighted by atomic mass is 32.1. The summed E-state index contributed by atoms with van der Waals surface area (Å²) in [4.78, 5) is 8.17. The lowest BCUT2D eigenvalue weighted by Gasteiger charge is -2.52. The van der Waals surface area contributed by atoms with E-state index in [0.29, 0.717) is 0 Å². The number of benzene rings is 12. The van der Waals surface area contributed by atoms with Crippen LogP contribution in [0.4, 0.5) is 45.5 Å². The van der Waals surface area contributed by atoms with Gasteiger partial charge in [-0.15, -0.1) is 11.3 Å². The molecule has 13 aromatic rings. The van der Waals surface area contributed by atoms with Crippen molar-refractivity contribution in [1.82, 2.24) is 0 Å². The van der Waals surface area contributed by atoms with E-state index >= 15 is 0 Å². The van der Waals surface area contributed by atoms with Gasteiger partial charge in [0.1, 0.15) is 0 Å². The third-order valence-electron chi connectivity index (χ3n) is 21.2. The van der Waals surface area contributed by atoms with Crippen LogP contribution in [0.2, 0.25) is 0 Å². The van der Waals surface area contributed by atoms with Crippen LogP contribution in [-0.4, -0.2) is 6.85 Å². The zero-order valence-electron chi connectivity index (χ0n) is 51.4. The molecule has 0 N–H and O–H groups in total. The summed E-state index contributed by atoms with van der Waals surface area (Å²) in [5, 5.41) is 2.62. The molecule has 0 amide bonds. The lowest BCUT2D eigenvalue weighted by Crippen LogP contribution is -2.63. The molecular formula is C84H66BN3S. The van der Waals surface area contributed by atoms with Gasteiger partial charge in [0.15, 0.2) is 0 Å². The van der Waals surface area contributed by atoms with Gasteiger partial charge >= 0.3 is 6.85 Å². The summed E-state index contributed by atoms with van der Waals surface area (Å²) in [7, 11) is 0. The average Bonchev–Trinajstić information content (AvgIpc) is 1.52. The first kappa shape index (κ1) is 52.4. The van der Waals surface area contributed by atoms with Gasteiger partial charge in [0.25, 0.3) is 0 Å². The van der Waals surface area contributed by atoms with Crippen LogP contribution in [0.15, 0.2) is 249 Å². The maximum atomic E-state index is 2.86. The second-order valence-corrected chi connectivity index (χ2v) is 28.2. The summed E-state index contributed by atoms with van der Waals surface area (Å²) in [6.07, 6.45) is 2.29. The Morgan fingerprint density at radius 1 is 0.393 bits per heavy atom. The monoisotopic (exact) mass is 1160 g/mol. The number of fused-ring (bicyclic) bond motifs is 18. The van der Waals surface area contributed by atoms with Gasteiger partial charge in [-0.3, -0.25) is 0 Å². The molecule has 0 fully saturated rings. The van der Waals surface area contributed by atoms with Crippen LogP contribution in [-0.2, 0) is 16.2 Å². The van der Waals surface area contributed by atoms with E-state index in [0.717, 1.165) is 29.9 Å². The molecule has 12 aromatic carbocycles. The van der Waals surface area contributed by atoms with Crippen molar-refractivity contribution >= 4 is 94.8 Å². The molecule has 3 aliphatic heterocycles. The SMILES string of the molecule is Cc1cc2c(cc1N1B3c4cccc5c4N(c4ccccc4C54c5ccccc5-c5ccccc54)c4cc(N(c5ccc(-c6ccccc6)cc5C)c5ccc(-c6ccccc6)cc5C)cc(c43)-c3ccc4sc5ccccc5c4c31)C(C)(C)CCC2(C)C. The summed E-state index contributed by atoms with van der Waals surface area (Å²) in [6, 6.07) is 95.7. The molecule has 4 heterocycles. The van der Waals surface area contributed by atoms with Crippen molar-refractivity contribution in [3.8, 4) is 44.5 Å². The third kappa shape index (κ3) is 7.28. The van der Waals surface area contributed by atoms with Crippen LogP contribution in [0.3, 0.4) is 0 Å². The van der Waals surface area contributed by atoms with Crippen molar-refractivity contribution in [2.75, 3.05) is 14.6 Å². The van der Waals surface area contributed by atoms with E-state index in [1.165, 1.54) is 154 Å². The number of aryl methyl sites for hydroxylation is 3. The number of anilines is 8. The first-order valence-electron chi connectivity index (χ1n) is 31.8. The number of para-hydroxylation sites is 2. The lowest BCUT2D eigenvalue weighted by atomic mass is 9.42. The molecule has 0 radical (unpaired) electrons. The Kier molecular flexibility index (Phi) is 11.2. The Balaban J connectivity index is 0.997. The molecule has 0 saturated heterocycles. The minimum absolute atomic E-state index is 0.0160. The Morgan fingerprint density at radius 3 is 1.62 bits per heavy atom. The second kappa shape index (κ2) is 18.9. The fraction of sp³-hybridized carbons (Fsp3) is 0.143. The number of rotatable bonds is 6. The molecular weight excluding hydrogens is 1090 g/mol. The highest BCUT2D eigenvalue weighted by molar-refractivity contribution is 7.26. The van der Waals surface area contributed by atoms with Crippen LogP contribution in [0.5, 0.6) is 0 Å². The van der Waals surface area contributed by atoms with Crippen molar-refractivity contribution in [2.45, 2.75) is 77.6 Å². The molecule has 1 spiro atoms. The zero-order valence-corrected chi connectivity index (χ0v) is 52.2. The van der Waals surface area contributed by atoms with Crippen molar-refractivity contribution in [1.29, 1.82) is 0 Å². The topological polar surface area (TPSA) is 9.72 Å². The minimum Gasteiger partial charge on any atom is -0.376 e. The fourth-order valence-electron chi connectivity index (χ4n) is 17.0. The number of hydrogen-bond acceptors (Lipinski definition) is 4. The minimum atomic E-state index is -0.601. The van der Waals surface area contributed by atoms with E-state index in [9.17, 15) is 0 Å². The van der Waals surface area contributed by atoms with Crippen molar-refractivity contribution in [3.05, 3.63) is 299 Å². The Labute approximate surface area is 526 Å². The van der Waals surface area contributed by atoms with Crippen LogP contribution in [0.1, 0.15) is 90.6 Å². The number of nitrogens with zero attached hydrogens (tertiary/aromatic N) is 3. The summed E-state index contributed by atoms with van der Waals surface area (Å²) < 4.78 is 2.61. The van der Waals surface area contributed by atoms with Gasteiger partial charge in [0.2, 0.25) is 0 Å². The van der Waals surface area contributed by atoms with Gasteiger partial charge in [0, 0.05) is 65.5 Å². The summed E-state index contributed by atoms with van der Waals surface area (Å²) >= 11 is 1.92. The van der Waals surface area contributed by atoms with E-state index in [2.05, 4.69) is 312 Å². The molecule has 0 saturated carbocycles. The highest BCUT2D eigenvalue weighted by Crippen LogP contribution is 2.65. The van der Waals surface area contributed by atoms with Crippen molar-refractivity contribution < 1.29 is 0 Å². The molecule has 0 bridgehead atoms. The van der Waals surface area contributed by atoms with Gasteiger partial charge in [0.05, 0.1) is 11.1 Å². The Hall–Kier alpha value is -9.68. The molecule has 18 rings (SSSR count). The highest BCUT2D eigenvalue weighted by Gasteiger charge is 2.56. The molecule has 1 aromatic heterocycles. The van der Waals surface area contributed by atoms with Gasteiger partial charge in [-0.2, -0.15) is 0 Å². The maximum Gasteiger partial charge on any atom is 0.333 e. The largest absolute Gasteiger partial charge is 0.376 e. The standard InChI is InChI=1S/C84H66BN3S/c1-51-45-56(54-23-10-8-11-24-54)37-40-71(51)86(72-41-38-57(46-52(72)2)55-25-12-9-13-26-55)58-48-63-61-39-42-77-78(62-29-16-21-36-76(62)89-77)80(61)88(74-50-69-68(47-53(74)3)82(4,5)43-44-83(69,6)7)85-70-34-22-33-67-81(70)87(75(49-58)79(63)85)73-35-20-19-32-66(73)84(67)64-30-17-14-27-59(64)60-28-15-18-31-65(60)84/h8-42,45-50H,43-44H2,1-7H3. The zero-order chi connectivity index (χ0) is 59.8. The smallest absolute Gasteiger partial charge is 0.333 e. The molecule has 0 atom stereocenters. The second-order valence-electron chi connectivity index (χ2n) is 27.1. The van der Waals surface area contributed by atoms with E-state index in [-0.39, 0.29) is 17.7 Å². The van der Waals surface area contributed by atoms with Crippen LogP contribution < -0.4 is 25.5 Å². The van der Waals surface area contributed by atoms with E-state index in [1.54, 1.807) is 0 Å².